The van der Waals surface area contributed by atoms with E-state index >= 15 is 0 Å². The molecule has 0 saturated heterocycles. The van der Waals surface area contributed by atoms with Gasteiger partial charge in [-0.1, -0.05) is 82.4 Å². The van der Waals surface area contributed by atoms with Gasteiger partial charge in [0.25, 0.3) is 0 Å². The largest absolute Gasteiger partial charge is 0.383 e. The smallest absolute Gasteiger partial charge is 0.177 e. The number of fused-ring (bicyclic) bond motifs is 1. The standard InChI is InChI=1S/C27H36O2/c1-8-25(5)18-27(7,22-17-19(2)11-9-13-21(22)25)20-12-10-15-26(6,16-14-20)23(28)24(3,4)29/h9-17,19,29H,8,18H2,1-7H3. The van der Waals surface area contributed by atoms with Crippen LogP contribution in [0.5, 0.6) is 0 Å². The van der Waals surface area contributed by atoms with Gasteiger partial charge in [0, 0.05) is 5.41 Å². The molecule has 0 heterocycles. The Hall–Kier alpha value is -1.93. The molecule has 0 spiro atoms. The van der Waals surface area contributed by atoms with Gasteiger partial charge in [0.15, 0.2) is 5.78 Å². The van der Waals surface area contributed by atoms with Crippen molar-refractivity contribution >= 4 is 5.78 Å². The van der Waals surface area contributed by atoms with Crippen LogP contribution in [0.1, 0.15) is 61.3 Å². The second-order valence-corrected chi connectivity index (χ2v) is 10.3. The van der Waals surface area contributed by atoms with Crippen molar-refractivity contribution in [2.45, 2.75) is 66.9 Å². The first-order valence-corrected chi connectivity index (χ1v) is 10.8. The van der Waals surface area contributed by atoms with Gasteiger partial charge in [-0.15, -0.1) is 0 Å². The van der Waals surface area contributed by atoms with Crippen molar-refractivity contribution in [3.63, 3.8) is 0 Å². The number of hydrogen-bond acceptors (Lipinski definition) is 2. The van der Waals surface area contributed by atoms with Crippen molar-refractivity contribution in [2.24, 2.45) is 22.2 Å². The Bertz CT molecular complexity index is 886. The predicted octanol–water partition coefficient (Wildman–Crippen LogP) is 6.27. The SMILES string of the molecule is CCC1(C)CC(C)(C2=CC=CC(C)(C(=O)C(C)(C)O)C=C2)C2=CC(C)C=CC=C21. The van der Waals surface area contributed by atoms with Crippen LogP contribution in [0.2, 0.25) is 0 Å². The summed E-state index contributed by atoms with van der Waals surface area (Å²) in [5.74, 6) is 0.208. The molecule has 1 N–H and O–H groups in total. The van der Waals surface area contributed by atoms with Crippen molar-refractivity contribution in [1.29, 1.82) is 0 Å². The molecule has 2 nitrogen and oxygen atoms in total. The molecule has 3 aliphatic carbocycles. The van der Waals surface area contributed by atoms with Crippen LogP contribution in [0.15, 0.2) is 71.4 Å². The van der Waals surface area contributed by atoms with E-state index in [2.05, 4.69) is 64.2 Å². The first-order valence-electron chi connectivity index (χ1n) is 10.8. The number of allylic oxidation sites excluding steroid dienone is 12. The summed E-state index contributed by atoms with van der Waals surface area (Å²) in [6, 6.07) is 0. The number of Topliss-reactive ketones (excluding diaryl/α,β-unsaturated/α-hetero) is 1. The molecule has 0 aliphatic heterocycles. The minimum atomic E-state index is -1.37. The Morgan fingerprint density at radius 2 is 1.83 bits per heavy atom. The third-order valence-electron chi connectivity index (χ3n) is 7.18. The summed E-state index contributed by atoms with van der Waals surface area (Å²) in [5, 5.41) is 10.3. The van der Waals surface area contributed by atoms with Gasteiger partial charge >= 0.3 is 0 Å². The molecule has 0 radical (unpaired) electrons. The van der Waals surface area contributed by atoms with Crippen LogP contribution in [-0.2, 0) is 4.79 Å². The molecule has 0 amide bonds. The molecule has 3 rings (SSSR count). The molecule has 0 bridgehead atoms. The maximum atomic E-state index is 12.9. The van der Waals surface area contributed by atoms with E-state index in [4.69, 9.17) is 0 Å². The number of rotatable bonds is 4. The van der Waals surface area contributed by atoms with Crippen molar-refractivity contribution < 1.29 is 9.90 Å². The maximum Gasteiger partial charge on any atom is 0.177 e. The molecule has 1 fully saturated rings. The Labute approximate surface area is 176 Å². The van der Waals surface area contributed by atoms with Crippen LogP contribution in [0.4, 0.5) is 0 Å². The Kier molecular flexibility index (Phi) is 5.32. The molecule has 2 heteroatoms. The summed E-state index contributed by atoms with van der Waals surface area (Å²) >= 11 is 0. The van der Waals surface area contributed by atoms with Crippen molar-refractivity contribution in [3.8, 4) is 0 Å². The number of carbonyl (C=O) groups is 1. The Morgan fingerprint density at radius 1 is 1.14 bits per heavy atom. The molecule has 0 aromatic carbocycles. The molecular formula is C27H36O2. The molecule has 3 aliphatic rings. The maximum absolute atomic E-state index is 12.9. The minimum absolute atomic E-state index is 0.110. The van der Waals surface area contributed by atoms with Gasteiger partial charge in [-0.2, -0.15) is 0 Å². The lowest BCUT2D eigenvalue weighted by molar-refractivity contribution is -0.139. The number of aliphatic hydroxyl groups is 1. The van der Waals surface area contributed by atoms with Crippen LogP contribution in [0.3, 0.4) is 0 Å². The lowest BCUT2D eigenvalue weighted by Gasteiger charge is -2.31. The first kappa shape index (κ1) is 21.8. The molecule has 4 atom stereocenters. The fourth-order valence-electron chi connectivity index (χ4n) is 5.28. The zero-order valence-corrected chi connectivity index (χ0v) is 19.0. The van der Waals surface area contributed by atoms with Crippen LogP contribution in [-0.4, -0.2) is 16.5 Å². The molecule has 156 valence electrons. The van der Waals surface area contributed by atoms with Crippen LogP contribution < -0.4 is 0 Å². The number of ketones is 1. The molecule has 1 saturated carbocycles. The van der Waals surface area contributed by atoms with E-state index in [0.29, 0.717) is 5.92 Å². The quantitative estimate of drug-likeness (QED) is 0.612. The number of carbonyl (C=O) groups excluding carboxylic acids is 1. The zero-order chi connectivity index (χ0) is 21.7. The highest BCUT2D eigenvalue weighted by Crippen LogP contribution is 2.62. The number of hydrogen-bond donors (Lipinski definition) is 1. The topological polar surface area (TPSA) is 37.3 Å². The third kappa shape index (κ3) is 3.68. The molecule has 0 aromatic rings. The van der Waals surface area contributed by atoms with Gasteiger partial charge in [-0.25, -0.2) is 0 Å². The highest BCUT2D eigenvalue weighted by Gasteiger charge is 2.50. The lowest BCUT2D eigenvalue weighted by Crippen LogP contribution is -2.41. The second kappa shape index (κ2) is 7.09. The van der Waals surface area contributed by atoms with Gasteiger partial charge in [0.2, 0.25) is 0 Å². The monoisotopic (exact) mass is 392 g/mol. The molecule has 29 heavy (non-hydrogen) atoms. The normalized spacial score (nSPS) is 36.7. The van der Waals surface area contributed by atoms with Crippen molar-refractivity contribution in [1.82, 2.24) is 0 Å². The molecular weight excluding hydrogens is 356 g/mol. The van der Waals surface area contributed by atoms with Crippen molar-refractivity contribution in [2.75, 3.05) is 0 Å². The summed E-state index contributed by atoms with van der Waals surface area (Å²) in [5.41, 5.74) is 1.93. The summed E-state index contributed by atoms with van der Waals surface area (Å²) < 4.78 is 0. The highest BCUT2D eigenvalue weighted by atomic mass is 16.3. The van der Waals surface area contributed by atoms with E-state index in [9.17, 15) is 9.90 Å². The van der Waals surface area contributed by atoms with E-state index in [-0.39, 0.29) is 16.6 Å². The van der Waals surface area contributed by atoms with E-state index in [1.165, 1.54) is 16.7 Å². The fraction of sp³-hybridized carbons (Fsp3) is 0.519. The highest BCUT2D eigenvalue weighted by molar-refractivity contribution is 5.94. The first-order chi connectivity index (χ1) is 13.4. The van der Waals surface area contributed by atoms with Gasteiger partial charge in [0.05, 0.1) is 5.41 Å². The Balaban J connectivity index is 2.07. The summed E-state index contributed by atoms with van der Waals surface area (Å²) in [6.07, 6.45) is 21.5. The van der Waals surface area contributed by atoms with E-state index < -0.39 is 11.0 Å². The van der Waals surface area contributed by atoms with Crippen LogP contribution in [0.25, 0.3) is 0 Å². The average molecular weight is 393 g/mol. The average Bonchev–Trinajstić information content (AvgIpc) is 2.86. The van der Waals surface area contributed by atoms with Crippen LogP contribution >= 0.6 is 0 Å². The summed E-state index contributed by atoms with van der Waals surface area (Å²) in [7, 11) is 0. The van der Waals surface area contributed by atoms with E-state index in [0.717, 1.165) is 12.8 Å². The third-order valence-corrected chi connectivity index (χ3v) is 7.18. The van der Waals surface area contributed by atoms with Crippen molar-refractivity contribution in [3.05, 3.63) is 71.4 Å². The minimum Gasteiger partial charge on any atom is -0.383 e. The van der Waals surface area contributed by atoms with Crippen LogP contribution in [0, 0.1) is 22.2 Å². The van der Waals surface area contributed by atoms with Gasteiger partial charge < -0.3 is 5.11 Å². The van der Waals surface area contributed by atoms with E-state index in [1.54, 1.807) is 13.8 Å². The summed E-state index contributed by atoms with van der Waals surface area (Å²) in [6.45, 7) is 14.2. The molecule has 4 unspecified atom stereocenters. The fourth-order valence-corrected chi connectivity index (χ4v) is 5.28. The van der Waals surface area contributed by atoms with E-state index in [1.807, 2.05) is 25.2 Å². The zero-order valence-electron chi connectivity index (χ0n) is 19.0. The predicted molar refractivity (Wildman–Crippen MR) is 121 cm³/mol. The van der Waals surface area contributed by atoms with Gasteiger partial charge in [0.1, 0.15) is 5.60 Å². The van der Waals surface area contributed by atoms with Gasteiger partial charge in [-0.05, 0) is 61.7 Å². The second-order valence-electron chi connectivity index (χ2n) is 10.3. The summed E-state index contributed by atoms with van der Waals surface area (Å²) in [4.78, 5) is 12.9. The van der Waals surface area contributed by atoms with Gasteiger partial charge in [-0.3, -0.25) is 4.79 Å². The lowest BCUT2D eigenvalue weighted by atomic mass is 9.73. The Morgan fingerprint density at radius 3 is 2.45 bits per heavy atom. The molecule has 0 aromatic heterocycles.